The van der Waals surface area contributed by atoms with Gasteiger partial charge in [-0.2, -0.15) is 0 Å². The van der Waals surface area contributed by atoms with Gasteiger partial charge in [0.25, 0.3) is 0 Å². The van der Waals surface area contributed by atoms with Gasteiger partial charge in [-0.05, 0) is 23.6 Å². The standard InChI is InChI=1S/C14H24N2O2/c1-10(2)12(8-15)16-9-11-5-6-13(17-3)14(7-11)18-4/h5-7,10,12,16H,8-9,15H2,1-4H3. The largest absolute Gasteiger partial charge is 0.493 e. The second kappa shape index (κ2) is 7.24. The smallest absolute Gasteiger partial charge is 0.161 e. The molecule has 0 amide bonds. The van der Waals surface area contributed by atoms with E-state index in [0.29, 0.717) is 18.5 Å². The van der Waals surface area contributed by atoms with E-state index in [4.69, 9.17) is 15.2 Å². The summed E-state index contributed by atoms with van der Waals surface area (Å²) in [4.78, 5) is 0. The monoisotopic (exact) mass is 252 g/mol. The summed E-state index contributed by atoms with van der Waals surface area (Å²) in [7, 11) is 3.28. The summed E-state index contributed by atoms with van der Waals surface area (Å²) in [5.74, 6) is 2.03. The van der Waals surface area contributed by atoms with Crippen molar-refractivity contribution in [2.45, 2.75) is 26.4 Å². The molecule has 0 bridgehead atoms. The zero-order valence-corrected chi connectivity index (χ0v) is 11.7. The molecule has 18 heavy (non-hydrogen) atoms. The van der Waals surface area contributed by atoms with Gasteiger partial charge < -0.3 is 20.5 Å². The van der Waals surface area contributed by atoms with Crippen LogP contribution in [-0.4, -0.2) is 26.8 Å². The first-order valence-electron chi connectivity index (χ1n) is 6.26. The van der Waals surface area contributed by atoms with Crippen LogP contribution in [0.3, 0.4) is 0 Å². The van der Waals surface area contributed by atoms with Gasteiger partial charge in [-0.3, -0.25) is 0 Å². The molecule has 0 saturated carbocycles. The highest BCUT2D eigenvalue weighted by Gasteiger charge is 2.11. The van der Waals surface area contributed by atoms with E-state index in [1.807, 2.05) is 18.2 Å². The summed E-state index contributed by atoms with van der Waals surface area (Å²) in [5, 5.41) is 3.45. The van der Waals surface area contributed by atoms with Crippen molar-refractivity contribution in [1.82, 2.24) is 5.32 Å². The second-order valence-corrected chi connectivity index (χ2v) is 4.66. The lowest BCUT2D eigenvalue weighted by Gasteiger charge is -2.20. The van der Waals surface area contributed by atoms with Gasteiger partial charge in [0.2, 0.25) is 0 Å². The number of hydrogen-bond acceptors (Lipinski definition) is 4. The molecule has 0 aliphatic rings. The molecular formula is C14H24N2O2. The van der Waals surface area contributed by atoms with Crippen LogP contribution in [0.5, 0.6) is 11.5 Å². The fourth-order valence-corrected chi connectivity index (χ4v) is 1.83. The predicted molar refractivity (Wildman–Crippen MR) is 74.1 cm³/mol. The topological polar surface area (TPSA) is 56.5 Å². The third kappa shape index (κ3) is 3.89. The van der Waals surface area contributed by atoms with Crippen LogP contribution in [0.25, 0.3) is 0 Å². The van der Waals surface area contributed by atoms with E-state index in [9.17, 15) is 0 Å². The van der Waals surface area contributed by atoms with Crippen LogP contribution >= 0.6 is 0 Å². The van der Waals surface area contributed by atoms with Gasteiger partial charge in [-0.1, -0.05) is 19.9 Å². The molecule has 0 heterocycles. The molecular weight excluding hydrogens is 228 g/mol. The highest BCUT2D eigenvalue weighted by Crippen LogP contribution is 2.27. The van der Waals surface area contributed by atoms with E-state index in [2.05, 4.69) is 19.2 Å². The van der Waals surface area contributed by atoms with Crippen molar-refractivity contribution in [2.24, 2.45) is 11.7 Å². The van der Waals surface area contributed by atoms with E-state index in [0.717, 1.165) is 23.6 Å². The van der Waals surface area contributed by atoms with Crippen molar-refractivity contribution in [2.75, 3.05) is 20.8 Å². The minimum absolute atomic E-state index is 0.332. The molecule has 0 aliphatic carbocycles. The van der Waals surface area contributed by atoms with Crippen molar-refractivity contribution in [1.29, 1.82) is 0 Å². The highest BCUT2D eigenvalue weighted by atomic mass is 16.5. The van der Waals surface area contributed by atoms with Gasteiger partial charge >= 0.3 is 0 Å². The average Bonchev–Trinajstić information content (AvgIpc) is 2.38. The predicted octanol–water partition coefficient (Wildman–Crippen LogP) is 1.78. The van der Waals surface area contributed by atoms with E-state index in [1.54, 1.807) is 14.2 Å². The van der Waals surface area contributed by atoms with Crippen molar-refractivity contribution in [3.8, 4) is 11.5 Å². The van der Waals surface area contributed by atoms with Gasteiger partial charge in [0.1, 0.15) is 0 Å². The number of benzene rings is 1. The van der Waals surface area contributed by atoms with Gasteiger partial charge in [-0.15, -0.1) is 0 Å². The summed E-state index contributed by atoms with van der Waals surface area (Å²) in [6, 6.07) is 6.27. The lowest BCUT2D eigenvalue weighted by molar-refractivity contribution is 0.353. The van der Waals surface area contributed by atoms with Crippen LogP contribution in [0.1, 0.15) is 19.4 Å². The average molecular weight is 252 g/mol. The van der Waals surface area contributed by atoms with Crippen molar-refractivity contribution in [3.63, 3.8) is 0 Å². The molecule has 1 atom stereocenters. The molecule has 4 nitrogen and oxygen atoms in total. The number of hydrogen-bond donors (Lipinski definition) is 2. The third-order valence-electron chi connectivity index (χ3n) is 3.07. The summed E-state index contributed by atoms with van der Waals surface area (Å²) in [5.41, 5.74) is 6.89. The zero-order valence-electron chi connectivity index (χ0n) is 11.7. The van der Waals surface area contributed by atoms with E-state index >= 15 is 0 Å². The number of ether oxygens (including phenoxy) is 2. The fraction of sp³-hybridized carbons (Fsp3) is 0.571. The van der Waals surface area contributed by atoms with Crippen molar-refractivity contribution in [3.05, 3.63) is 23.8 Å². The van der Waals surface area contributed by atoms with Crippen LogP contribution in [0, 0.1) is 5.92 Å². The summed E-state index contributed by atoms with van der Waals surface area (Å²) in [6.07, 6.45) is 0. The van der Waals surface area contributed by atoms with Crippen molar-refractivity contribution >= 4 is 0 Å². The minimum atomic E-state index is 0.332. The number of methoxy groups -OCH3 is 2. The first kappa shape index (κ1) is 14.8. The van der Waals surface area contributed by atoms with Gasteiger partial charge in [0.05, 0.1) is 14.2 Å². The Bertz CT molecular complexity index is 367. The Kier molecular flexibility index (Phi) is 5.95. The third-order valence-corrected chi connectivity index (χ3v) is 3.07. The van der Waals surface area contributed by atoms with Crippen LogP contribution in [0.2, 0.25) is 0 Å². The van der Waals surface area contributed by atoms with E-state index in [-0.39, 0.29) is 0 Å². The van der Waals surface area contributed by atoms with Gasteiger partial charge in [0, 0.05) is 19.1 Å². The number of nitrogens with one attached hydrogen (secondary N) is 1. The van der Waals surface area contributed by atoms with Gasteiger partial charge in [0.15, 0.2) is 11.5 Å². The van der Waals surface area contributed by atoms with Crippen molar-refractivity contribution < 1.29 is 9.47 Å². The molecule has 1 aromatic carbocycles. The molecule has 0 aliphatic heterocycles. The molecule has 4 heteroatoms. The van der Waals surface area contributed by atoms with Crippen LogP contribution in [0.4, 0.5) is 0 Å². The Morgan fingerprint density at radius 3 is 2.33 bits per heavy atom. The van der Waals surface area contributed by atoms with Crippen LogP contribution < -0.4 is 20.5 Å². The maximum atomic E-state index is 5.73. The Labute approximate surface area is 109 Å². The second-order valence-electron chi connectivity index (χ2n) is 4.66. The molecule has 1 rings (SSSR count). The summed E-state index contributed by atoms with van der Waals surface area (Å²) < 4.78 is 10.5. The Morgan fingerprint density at radius 2 is 1.83 bits per heavy atom. The molecule has 1 aromatic rings. The Morgan fingerprint density at radius 1 is 1.17 bits per heavy atom. The molecule has 0 aromatic heterocycles. The maximum Gasteiger partial charge on any atom is 0.161 e. The summed E-state index contributed by atoms with van der Waals surface area (Å²) in [6.45, 7) is 5.75. The lowest BCUT2D eigenvalue weighted by Crippen LogP contribution is -2.39. The molecule has 0 fully saturated rings. The van der Waals surface area contributed by atoms with Crippen LogP contribution in [0.15, 0.2) is 18.2 Å². The highest BCUT2D eigenvalue weighted by molar-refractivity contribution is 5.42. The number of nitrogens with two attached hydrogens (primary N) is 1. The fourth-order valence-electron chi connectivity index (χ4n) is 1.83. The van der Waals surface area contributed by atoms with Crippen LogP contribution in [-0.2, 0) is 6.54 Å². The Balaban J connectivity index is 2.67. The molecule has 0 radical (unpaired) electrons. The molecule has 1 unspecified atom stereocenters. The Hall–Kier alpha value is -1.26. The quantitative estimate of drug-likeness (QED) is 0.776. The summed E-state index contributed by atoms with van der Waals surface area (Å²) >= 11 is 0. The first-order valence-corrected chi connectivity index (χ1v) is 6.26. The molecule has 0 saturated heterocycles. The molecule has 102 valence electrons. The lowest BCUT2D eigenvalue weighted by atomic mass is 10.0. The van der Waals surface area contributed by atoms with E-state index < -0.39 is 0 Å². The van der Waals surface area contributed by atoms with Gasteiger partial charge in [-0.25, -0.2) is 0 Å². The normalized spacial score (nSPS) is 12.6. The first-order chi connectivity index (χ1) is 8.62. The molecule has 0 spiro atoms. The molecule has 3 N–H and O–H groups in total. The zero-order chi connectivity index (χ0) is 13.5. The maximum absolute atomic E-state index is 5.73. The SMILES string of the molecule is COc1ccc(CNC(CN)C(C)C)cc1OC. The van der Waals surface area contributed by atoms with E-state index in [1.165, 1.54) is 0 Å². The minimum Gasteiger partial charge on any atom is -0.493 e. The number of rotatable bonds is 7.